The highest BCUT2D eigenvalue weighted by atomic mass is 16.5. The molecular weight excluding hydrogens is 250 g/mol. The van der Waals surface area contributed by atoms with Gasteiger partial charge in [-0.25, -0.2) is 4.98 Å². The lowest BCUT2D eigenvalue weighted by Gasteiger charge is -2.19. The van der Waals surface area contributed by atoms with Crippen molar-refractivity contribution in [3.63, 3.8) is 0 Å². The van der Waals surface area contributed by atoms with Gasteiger partial charge in [-0.2, -0.15) is 0 Å². The van der Waals surface area contributed by atoms with E-state index < -0.39 is 0 Å². The third kappa shape index (κ3) is 3.70. The Morgan fingerprint density at radius 3 is 3.10 bits per heavy atom. The Labute approximate surface area is 121 Å². The summed E-state index contributed by atoms with van der Waals surface area (Å²) in [4.78, 5) is 7.10. The number of pyridine rings is 1. The van der Waals surface area contributed by atoms with Crippen LogP contribution >= 0.6 is 0 Å². The summed E-state index contributed by atoms with van der Waals surface area (Å²) in [5, 5.41) is 3.48. The number of aryl methyl sites for hydroxylation is 1. The first-order valence-corrected chi connectivity index (χ1v) is 7.77. The average Bonchev–Trinajstić information content (AvgIpc) is 3.09. The lowest BCUT2D eigenvalue weighted by Crippen LogP contribution is -2.28. The first kappa shape index (κ1) is 13.8. The van der Waals surface area contributed by atoms with Gasteiger partial charge in [0.1, 0.15) is 5.82 Å². The molecule has 2 aliphatic rings. The maximum absolute atomic E-state index is 5.46. The summed E-state index contributed by atoms with van der Waals surface area (Å²) < 4.78 is 5.46. The zero-order chi connectivity index (χ0) is 13.8. The van der Waals surface area contributed by atoms with Crippen LogP contribution in [0.4, 0.5) is 5.82 Å². The maximum Gasteiger partial charge on any atom is 0.126 e. The Balaban J connectivity index is 1.41. The Morgan fingerprint density at radius 2 is 2.30 bits per heavy atom. The largest absolute Gasteiger partial charge is 0.381 e. The van der Waals surface area contributed by atoms with E-state index in [2.05, 4.69) is 27.3 Å². The molecule has 110 valence electrons. The van der Waals surface area contributed by atoms with E-state index in [0.717, 1.165) is 43.1 Å². The molecule has 2 aliphatic heterocycles. The second kappa shape index (κ2) is 6.55. The molecule has 4 nitrogen and oxygen atoms in total. The van der Waals surface area contributed by atoms with Crippen LogP contribution < -0.4 is 5.32 Å². The zero-order valence-corrected chi connectivity index (χ0v) is 12.3. The molecule has 1 aromatic heterocycles. The van der Waals surface area contributed by atoms with Gasteiger partial charge >= 0.3 is 0 Å². The molecule has 0 spiro atoms. The van der Waals surface area contributed by atoms with E-state index in [0.29, 0.717) is 0 Å². The third-order valence-electron chi connectivity index (χ3n) is 4.37. The van der Waals surface area contributed by atoms with Crippen molar-refractivity contribution >= 4 is 5.82 Å². The van der Waals surface area contributed by atoms with Crippen LogP contribution in [-0.4, -0.2) is 49.3 Å². The standard InChI is InChI=1S/C16H25N3O/c1-13-3-2-4-16(18-13)17-9-14-5-7-19(10-14)11-15-6-8-20-12-15/h2-4,14-15H,5-12H2,1H3,(H,17,18)/t14-,15-/m0/s1. The number of likely N-dealkylation sites (tertiary alicyclic amines) is 1. The van der Waals surface area contributed by atoms with Crippen LogP contribution in [-0.2, 0) is 4.74 Å². The SMILES string of the molecule is Cc1cccc(NC[C@@H]2CCN(C[C@@H]3CCOC3)C2)n1. The molecule has 0 amide bonds. The second-order valence-electron chi connectivity index (χ2n) is 6.19. The Bertz CT molecular complexity index is 431. The molecule has 2 atom stereocenters. The van der Waals surface area contributed by atoms with E-state index in [1.165, 1.54) is 32.5 Å². The molecule has 3 rings (SSSR count). The van der Waals surface area contributed by atoms with E-state index in [1.807, 2.05) is 13.0 Å². The fourth-order valence-corrected chi connectivity index (χ4v) is 3.23. The maximum atomic E-state index is 5.46. The summed E-state index contributed by atoms with van der Waals surface area (Å²) in [7, 11) is 0. The van der Waals surface area contributed by atoms with Crippen LogP contribution in [0.5, 0.6) is 0 Å². The average molecular weight is 275 g/mol. The minimum Gasteiger partial charge on any atom is -0.381 e. The lowest BCUT2D eigenvalue weighted by atomic mass is 10.1. The van der Waals surface area contributed by atoms with Gasteiger partial charge in [-0.3, -0.25) is 0 Å². The Morgan fingerprint density at radius 1 is 1.35 bits per heavy atom. The van der Waals surface area contributed by atoms with Crippen LogP contribution in [0.25, 0.3) is 0 Å². The number of anilines is 1. The van der Waals surface area contributed by atoms with Crippen molar-refractivity contribution in [1.29, 1.82) is 0 Å². The summed E-state index contributed by atoms with van der Waals surface area (Å²) in [6.45, 7) is 8.67. The molecule has 0 radical (unpaired) electrons. The van der Waals surface area contributed by atoms with E-state index in [9.17, 15) is 0 Å². The highest BCUT2D eigenvalue weighted by Gasteiger charge is 2.26. The van der Waals surface area contributed by atoms with Crippen LogP contribution in [0.15, 0.2) is 18.2 Å². The van der Waals surface area contributed by atoms with Crippen LogP contribution in [0, 0.1) is 18.8 Å². The monoisotopic (exact) mass is 275 g/mol. The first-order chi connectivity index (χ1) is 9.79. The normalized spacial score (nSPS) is 27.1. The van der Waals surface area contributed by atoms with E-state index in [4.69, 9.17) is 4.74 Å². The fraction of sp³-hybridized carbons (Fsp3) is 0.688. The van der Waals surface area contributed by atoms with Gasteiger partial charge < -0.3 is 15.0 Å². The third-order valence-corrected chi connectivity index (χ3v) is 4.37. The van der Waals surface area contributed by atoms with Crippen molar-refractivity contribution in [2.45, 2.75) is 19.8 Å². The van der Waals surface area contributed by atoms with Crippen molar-refractivity contribution in [2.75, 3.05) is 44.7 Å². The van der Waals surface area contributed by atoms with Crippen molar-refractivity contribution in [2.24, 2.45) is 11.8 Å². The van der Waals surface area contributed by atoms with Crippen molar-refractivity contribution in [1.82, 2.24) is 9.88 Å². The smallest absolute Gasteiger partial charge is 0.126 e. The summed E-state index contributed by atoms with van der Waals surface area (Å²) in [5.74, 6) is 2.52. The number of nitrogens with one attached hydrogen (secondary N) is 1. The van der Waals surface area contributed by atoms with E-state index >= 15 is 0 Å². The molecule has 4 heteroatoms. The minimum absolute atomic E-state index is 0.750. The van der Waals surface area contributed by atoms with Gasteiger partial charge in [-0.05, 0) is 50.3 Å². The van der Waals surface area contributed by atoms with Gasteiger partial charge in [0.15, 0.2) is 0 Å². The van der Waals surface area contributed by atoms with E-state index in [1.54, 1.807) is 0 Å². The number of hydrogen-bond acceptors (Lipinski definition) is 4. The van der Waals surface area contributed by atoms with Crippen molar-refractivity contribution in [3.05, 3.63) is 23.9 Å². The van der Waals surface area contributed by atoms with Crippen LogP contribution in [0.3, 0.4) is 0 Å². The number of hydrogen-bond donors (Lipinski definition) is 1. The highest BCUT2D eigenvalue weighted by molar-refractivity contribution is 5.35. The summed E-state index contributed by atoms with van der Waals surface area (Å²) in [6.07, 6.45) is 2.54. The van der Waals surface area contributed by atoms with Gasteiger partial charge in [0.25, 0.3) is 0 Å². The van der Waals surface area contributed by atoms with Gasteiger partial charge in [0, 0.05) is 31.9 Å². The molecule has 3 heterocycles. The fourth-order valence-electron chi connectivity index (χ4n) is 3.23. The summed E-state index contributed by atoms with van der Waals surface area (Å²) in [5.41, 5.74) is 1.07. The molecule has 1 aromatic rings. The van der Waals surface area contributed by atoms with Gasteiger partial charge in [0.05, 0.1) is 6.61 Å². The predicted molar refractivity (Wildman–Crippen MR) is 80.9 cm³/mol. The second-order valence-corrected chi connectivity index (χ2v) is 6.19. The molecule has 0 aliphatic carbocycles. The molecular formula is C16H25N3O. The quantitative estimate of drug-likeness (QED) is 0.893. The Hall–Kier alpha value is -1.13. The summed E-state index contributed by atoms with van der Waals surface area (Å²) in [6, 6.07) is 6.15. The number of nitrogens with zero attached hydrogens (tertiary/aromatic N) is 2. The first-order valence-electron chi connectivity index (χ1n) is 7.77. The van der Waals surface area contributed by atoms with Gasteiger partial charge in [-0.15, -0.1) is 0 Å². The number of aromatic nitrogens is 1. The topological polar surface area (TPSA) is 37.4 Å². The van der Waals surface area contributed by atoms with Crippen LogP contribution in [0.1, 0.15) is 18.5 Å². The lowest BCUT2D eigenvalue weighted by molar-refractivity contribution is 0.173. The van der Waals surface area contributed by atoms with E-state index in [-0.39, 0.29) is 0 Å². The van der Waals surface area contributed by atoms with Gasteiger partial charge in [0.2, 0.25) is 0 Å². The summed E-state index contributed by atoms with van der Waals surface area (Å²) >= 11 is 0. The number of rotatable bonds is 5. The zero-order valence-electron chi connectivity index (χ0n) is 12.3. The molecule has 2 fully saturated rings. The van der Waals surface area contributed by atoms with Crippen molar-refractivity contribution < 1.29 is 4.74 Å². The van der Waals surface area contributed by atoms with Crippen LogP contribution in [0.2, 0.25) is 0 Å². The molecule has 0 bridgehead atoms. The van der Waals surface area contributed by atoms with Gasteiger partial charge in [-0.1, -0.05) is 6.07 Å². The molecule has 0 aromatic carbocycles. The molecule has 20 heavy (non-hydrogen) atoms. The Kier molecular flexibility index (Phi) is 4.53. The minimum atomic E-state index is 0.750. The predicted octanol–water partition coefficient (Wildman–Crippen LogP) is 2.16. The molecule has 1 N–H and O–H groups in total. The molecule has 0 unspecified atom stereocenters. The number of ether oxygens (including phenoxy) is 1. The molecule has 2 saturated heterocycles. The highest BCUT2D eigenvalue weighted by Crippen LogP contribution is 2.21. The van der Waals surface area contributed by atoms with Crippen molar-refractivity contribution in [3.8, 4) is 0 Å². The molecule has 0 saturated carbocycles.